The number of methoxy groups -OCH3 is 1. The third kappa shape index (κ3) is 7.00. The van der Waals surface area contributed by atoms with Crippen LogP contribution in [-0.4, -0.2) is 58.6 Å². The van der Waals surface area contributed by atoms with Gasteiger partial charge in [-0.3, -0.25) is 13.9 Å². The van der Waals surface area contributed by atoms with Crippen LogP contribution in [0.1, 0.15) is 19.8 Å². The summed E-state index contributed by atoms with van der Waals surface area (Å²) in [6.07, 6.45) is 1.52. The maximum absolute atomic E-state index is 13.5. The molecule has 11 nitrogen and oxygen atoms in total. The molecular weight excluding hydrogens is 560 g/mol. The molecule has 1 aromatic heterocycles. The third-order valence-electron chi connectivity index (χ3n) is 6.60. The zero-order valence-corrected chi connectivity index (χ0v) is 25.7. The van der Waals surface area contributed by atoms with Gasteiger partial charge in [0, 0.05) is 78.3 Å². The summed E-state index contributed by atoms with van der Waals surface area (Å²) in [6, 6.07) is 15.0. The highest BCUT2D eigenvalue weighted by Crippen LogP contribution is 2.38. The molecule has 0 saturated carbocycles. The number of imidazole rings is 1. The Labute approximate surface area is 246 Å². The van der Waals surface area contributed by atoms with Crippen LogP contribution < -0.4 is 29.5 Å². The van der Waals surface area contributed by atoms with Crippen molar-refractivity contribution in [2.24, 2.45) is 14.1 Å². The van der Waals surface area contributed by atoms with E-state index in [0.717, 1.165) is 12.1 Å². The number of benzene rings is 3. The van der Waals surface area contributed by atoms with Gasteiger partial charge in [-0.2, -0.15) is 0 Å². The van der Waals surface area contributed by atoms with Crippen LogP contribution in [0.5, 0.6) is 23.0 Å². The molecule has 0 radical (unpaired) electrons. The Hall–Kier alpha value is -4.16. The molecule has 4 aromatic rings. The Balaban J connectivity index is 1.76. The summed E-state index contributed by atoms with van der Waals surface area (Å²) in [6.45, 7) is 3.50. The molecule has 0 unspecified atom stereocenters. The summed E-state index contributed by atoms with van der Waals surface area (Å²) in [4.78, 5) is 14.7. The fourth-order valence-corrected chi connectivity index (χ4v) is 5.39. The minimum Gasteiger partial charge on any atom is -0.493 e. The maximum atomic E-state index is 13.5. The molecule has 0 amide bonds. The van der Waals surface area contributed by atoms with E-state index in [1.807, 2.05) is 25.9 Å². The Kier molecular flexibility index (Phi) is 9.69. The Morgan fingerprint density at radius 2 is 1.43 bits per heavy atom. The van der Waals surface area contributed by atoms with Gasteiger partial charge in [0.1, 0.15) is 17.2 Å². The van der Waals surface area contributed by atoms with E-state index in [-0.39, 0.29) is 22.0 Å². The number of sulfonamides is 1. The molecule has 0 saturated heterocycles. The number of anilines is 2. The second-order valence-electron chi connectivity index (χ2n) is 10.0. The minimum atomic E-state index is -4.01. The standard InChI is InChI=1S/C30H38N4O7S/c1-7-13-39-22-16-23(40-15-8-14-38-6)18-24(17-22)41-29-20-28-27(33(4)30(35)34(28)5)19-26(29)31-42(36,37)25-11-9-21(10-12-25)32(2)3/h9-12,16-20,31H,7-8,13-15H2,1-6H3. The fraction of sp³-hybridized carbons (Fsp3) is 0.367. The first-order chi connectivity index (χ1) is 20.0. The van der Waals surface area contributed by atoms with E-state index < -0.39 is 10.0 Å². The van der Waals surface area contributed by atoms with Crippen LogP contribution in [0.25, 0.3) is 11.0 Å². The van der Waals surface area contributed by atoms with Gasteiger partial charge in [-0.1, -0.05) is 6.92 Å². The molecule has 0 atom stereocenters. The van der Waals surface area contributed by atoms with Crippen molar-refractivity contribution in [3.05, 3.63) is 65.1 Å². The zero-order valence-electron chi connectivity index (χ0n) is 24.8. The summed E-state index contributed by atoms with van der Waals surface area (Å²) in [5, 5.41) is 0. The quantitative estimate of drug-likeness (QED) is 0.207. The SMILES string of the molecule is CCCOc1cc(OCCCOC)cc(Oc2cc3c(cc2NS(=O)(=O)c2ccc(N(C)C)cc2)n(C)c(=O)n3C)c1. The second-order valence-corrected chi connectivity index (χ2v) is 11.7. The van der Waals surface area contributed by atoms with E-state index in [4.69, 9.17) is 18.9 Å². The second kappa shape index (κ2) is 13.2. The van der Waals surface area contributed by atoms with Crippen LogP contribution in [0.3, 0.4) is 0 Å². The molecule has 226 valence electrons. The predicted molar refractivity (Wildman–Crippen MR) is 164 cm³/mol. The first-order valence-electron chi connectivity index (χ1n) is 13.6. The highest BCUT2D eigenvalue weighted by Gasteiger charge is 2.21. The normalized spacial score (nSPS) is 11.5. The van der Waals surface area contributed by atoms with Crippen molar-refractivity contribution in [2.45, 2.75) is 24.7 Å². The van der Waals surface area contributed by atoms with Crippen LogP contribution in [0, 0.1) is 0 Å². The van der Waals surface area contributed by atoms with Crippen molar-refractivity contribution in [1.82, 2.24) is 9.13 Å². The van der Waals surface area contributed by atoms with Gasteiger partial charge in [0.25, 0.3) is 10.0 Å². The highest BCUT2D eigenvalue weighted by molar-refractivity contribution is 7.92. The third-order valence-corrected chi connectivity index (χ3v) is 7.98. The van der Waals surface area contributed by atoms with E-state index in [1.165, 1.54) is 21.3 Å². The molecule has 0 aliphatic rings. The van der Waals surface area contributed by atoms with Crippen LogP contribution in [-0.2, 0) is 28.9 Å². The number of aryl methyl sites for hydroxylation is 2. The Bertz CT molecular complexity index is 1690. The largest absolute Gasteiger partial charge is 0.493 e. The van der Waals surface area contributed by atoms with Crippen molar-refractivity contribution >= 4 is 32.4 Å². The summed E-state index contributed by atoms with van der Waals surface area (Å²) >= 11 is 0. The van der Waals surface area contributed by atoms with E-state index in [1.54, 1.807) is 63.7 Å². The first kappa shape index (κ1) is 30.8. The molecule has 3 aromatic carbocycles. The van der Waals surface area contributed by atoms with E-state index in [0.29, 0.717) is 54.5 Å². The average Bonchev–Trinajstić information content (AvgIpc) is 3.17. The number of aromatic nitrogens is 2. The number of fused-ring (bicyclic) bond motifs is 1. The predicted octanol–water partition coefficient (Wildman–Crippen LogP) is 4.74. The molecule has 4 rings (SSSR count). The van der Waals surface area contributed by atoms with Crippen LogP contribution in [0.15, 0.2) is 64.3 Å². The monoisotopic (exact) mass is 598 g/mol. The molecule has 42 heavy (non-hydrogen) atoms. The van der Waals surface area contributed by atoms with Gasteiger partial charge in [-0.15, -0.1) is 0 Å². The van der Waals surface area contributed by atoms with Crippen molar-refractivity contribution in [1.29, 1.82) is 0 Å². The van der Waals surface area contributed by atoms with Crippen LogP contribution >= 0.6 is 0 Å². The summed E-state index contributed by atoms with van der Waals surface area (Å²) in [5.41, 5.74) is 1.90. The summed E-state index contributed by atoms with van der Waals surface area (Å²) in [7, 11) is 4.66. The summed E-state index contributed by atoms with van der Waals surface area (Å²) < 4.78 is 55.7. The number of nitrogens with one attached hydrogen (secondary N) is 1. The Morgan fingerprint density at radius 1 is 0.833 bits per heavy atom. The van der Waals surface area contributed by atoms with Gasteiger partial charge in [-0.25, -0.2) is 13.2 Å². The van der Waals surface area contributed by atoms with Crippen molar-refractivity contribution < 1.29 is 27.4 Å². The topological polar surface area (TPSA) is 113 Å². The molecular formula is C30H38N4O7S. The van der Waals surface area contributed by atoms with Crippen LogP contribution in [0.4, 0.5) is 11.4 Å². The lowest BCUT2D eigenvalue weighted by molar-refractivity contribution is 0.172. The van der Waals surface area contributed by atoms with Crippen molar-refractivity contribution in [3.63, 3.8) is 0 Å². The molecule has 0 aliphatic carbocycles. The number of ether oxygens (including phenoxy) is 4. The van der Waals surface area contributed by atoms with Crippen LogP contribution in [0.2, 0.25) is 0 Å². The Morgan fingerprint density at radius 3 is 2.02 bits per heavy atom. The lowest BCUT2D eigenvalue weighted by Gasteiger charge is -2.17. The minimum absolute atomic E-state index is 0.0859. The molecule has 0 spiro atoms. The number of rotatable bonds is 14. The molecule has 0 bridgehead atoms. The van der Waals surface area contributed by atoms with E-state index in [9.17, 15) is 13.2 Å². The zero-order chi connectivity index (χ0) is 30.4. The van der Waals surface area contributed by atoms with Gasteiger partial charge in [0.2, 0.25) is 0 Å². The number of nitrogens with zero attached hydrogens (tertiary/aromatic N) is 3. The van der Waals surface area contributed by atoms with Gasteiger partial charge in [0.05, 0.1) is 34.8 Å². The van der Waals surface area contributed by atoms with Gasteiger partial charge >= 0.3 is 5.69 Å². The number of hydrogen-bond acceptors (Lipinski definition) is 8. The molecule has 0 aliphatic heterocycles. The molecule has 0 fully saturated rings. The molecule has 12 heteroatoms. The van der Waals surface area contributed by atoms with Gasteiger partial charge in [-0.05, 0) is 36.8 Å². The van der Waals surface area contributed by atoms with E-state index in [2.05, 4.69) is 4.72 Å². The highest BCUT2D eigenvalue weighted by atomic mass is 32.2. The van der Waals surface area contributed by atoms with Gasteiger partial charge < -0.3 is 23.8 Å². The van der Waals surface area contributed by atoms with Crippen molar-refractivity contribution in [3.8, 4) is 23.0 Å². The lowest BCUT2D eigenvalue weighted by atomic mass is 10.2. The lowest BCUT2D eigenvalue weighted by Crippen LogP contribution is -2.19. The smallest absolute Gasteiger partial charge is 0.328 e. The fourth-order valence-electron chi connectivity index (χ4n) is 4.33. The summed E-state index contributed by atoms with van der Waals surface area (Å²) in [5.74, 6) is 1.66. The van der Waals surface area contributed by atoms with Gasteiger partial charge in [0.15, 0.2) is 5.75 Å². The number of hydrogen-bond donors (Lipinski definition) is 1. The van der Waals surface area contributed by atoms with Crippen molar-refractivity contribution in [2.75, 3.05) is 50.6 Å². The average molecular weight is 599 g/mol. The molecule has 1 N–H and O–H groups in total. The first-order valence-corrected chi connectivity index (χ1v) is 15.1. The van der Waals surface area contributed by atoms with E-state index >= 15 is 0 Å². The molecule has 1 heterocycles. The maximum Gasteiger partial charge on any atom is 0.328 e.